The largest absolute Gasteiger partial charge is 0.299 e. The smallest absolute Gasteiger partial charge is 0.158 e. The first-order valence-electron chi connectivity index (χ1n) is 11.4. The summed E-state index contributed by atoms with van der Waals surface area (Å²) in [7, 11) is 0. The van der Waals surface area contributed by atoms with Crippen LogP contribution in [0.2, 0.25) is 0 Å². The molecule has 3 aliphatic carbocycles. The lowest BCUT2D eigenvalue weighted by molar-refractivity contribution is -0.127. The highest BCUT2D eigenvalue weighted by atomic mass is 16.1. The Bertz CT molecular complexity index is 498. The fraction of sp³-hybridized carbons (Fsp3) is 0.833. The van der Waals surface area contributed by atoms with Crippen LogP contribution in [-0.2, 0) is 9.59 Å². The van der Waals surface area contributed by atoms with Gasteiger partial charge in [-0.05, 0) is 49.0 Å². The number of carbonyl (C=O) groups excluding carboxylic acids is 2. The average Bonchev–Trinajstić information content (AvgIpc) is 2.70. The summed E-state index contributed by atoms with van der Waals surface area (Å²) in [5, 5.41) is 0. The Kier molecular flexibility index (Phi) is 7.52. The van der Waals surface area contributed by atoms with Gasteiger partial charge >= 0.3 is 0 Å². The third-order valence-corrected chi connectivity index (χ3v) is 7.56. The van der Waals surface area contributed by atoms with E-state index in [9.17, 15) is 9.59 Å². The van der Waals surface area contributed by atoms with Crippen LogP contribution in [0.1, 0.15) is 103 Å². The van der Waals surface area contributed by atoms with E-state index in [4.69, 9.17) is 0 Å². The SMILES string of the molecule is C=C(CCC(=O)C1CCCC2CCCC[C@@H]21)C(=O)CCC1CCCCC1. The molecule has 0 aromatic heterocycles. The van der Waals surface area contributed by atoms with Gasteiger partial charge in [0.1, 0.15) is 5.78 Å². The van der Waals surface area contributed by atoms with Crippen LogP contribution in [0.4, 0.5) is 0 Å². The molecule has 3 atom stereocenters. The van der Waals surface area contributed by atoms with E-state index in [2.05, 4.69) is 6.58 Å². The second kappa shape index (κ2) is 9.85. The van der Waals surface area contributed by atoms with Gasteiger partial charge in [-0.3, -0.25) is 9.59 Å². The molecule has 26 heavy (non-hydrogen) atoms. The molecule has 0 aliphatic heterocycles. The van der Waals surface area contributed by atoms with Crippen LogP contribution in [0.25, 0.3) is 0 Å². The lowest BCUT2D eigenvalue weighted by atomic mass is 9.64. The first-order valence-corrected chi connectivity index (χ1v) is 11.4. The Morgan fingerprint density at radius 1 is 0.731 bits per heavy atom. The molecule has 0 aromatic rings. The van der Waals surface area contributed by atoms with E-state index in [1.54, 1.807) is 0 Å². The normalized spacial score (nSPS) is 29.8. The van der Waals surface area contributed by atoms with Crippen molar-refractivity contribution in [2.24, 2.45) is 23.7 Å². The maximum atomic E-state index is 12.8. The Balaban J connectivity index is 1.40. The molecule has 3 rings (SSSR count). The molecule has 146 valence electrons. The van der Waals surface area contributed by atoms with Crippen molar-refractivity contribution in [2.75, 3.05) is 0 Å². The molecule has 2 heteroatoms. The van der Waals surface area contributed by atoms with Crippen molar-refractivity contribution in [2.45, 2.75) is 103 Å². The van der Waals surface area contributed by atoms with Crippen molar-refractivity contribution in [3.8, 4) is 0 Å². The number of allylic oxidation sites excluding steroid dienone is 1. The Morgan fingerprint density at radius 3 is 2.23 bits per heavy atom. The molecule has 0 amide bonds. The Hall–Kier alpha value is -0.920. The highest BCUT2D eigenvalue weighted by Gasteiger charge is 2.37. The maximum absolute atomic E-state index is 12.8. The van der Waals surface area contributed by atoms with E-state index in [0.717, 1.165) is 24.7 Å². The van der Waals surface area contributed by atoms with Crippen LogP contribution >= 0.6 is 0 Å². The molecule has 0 bridgehead atoms. The number of hydrogen-bond acceptors (Lipinski definition) is 2. The summed E-state index contributed by atoms with van der Waals surface area (Å²) in [5.74, 6) is 3.09. The number of ketones is 2. The average molecular weight is 359 g/mol. The minimum absolute atomic E-state index is 0.211. The predicted molar refractivity (Wildman–Crippen MR) is 107 cm³/mol. The van der Waals surface area contributed by atoms with Gasteiger partial charge < -0.3 is 0 Å². The summed E-state index contributed by atoms with van der Waals surface area (Å²) in [5.41, 5.74) is 0.699. The lowest BCUT2D eigenvalue weighted by Crippen LogP contribution is -2.35. The van der Waals surface area contributed by atoms with Crippen LogP contribution < -0.4 is 0 Å². The molecular weight excluding hydrogens is 320 g/mol. The minimum atomic E-state index is 0.211. The van der Waals surface area contributed by atoms with Gasteiger partial charge in [0.25, 0.3) is 0 Å². The highest BCUT2D eigenvalue weighted by Crippen LogP contribution is 2.44. The molecule has 0 heterocycles. The predicted octanol–water partition coefficient (Wildman–Crippen LogP) is 6.43. The van der Waals surface area contributed by atoms with Crippen molar-refractivity contribution < 1.29 is 9.59 Å². The van der Waals surface area contributed by atoms with Gasteiger partial charge in [0.2, 0.25) is 0 Å². The van der Waals surface area contributed by atoms with Gasteiger partial charge in [0.15, 0.2) is 5.78 Å². The van der Waals surface area contributed by atoms with E-state index < -0.39 is 0 Å². The first-order chi connectivity index (χ1) is 12.6. The summed E-state index contributed by atoms with van der Waals surface area (Å²) in [6.07, 6.45) is 18.3. The second-order valence-electron chi connectivity index (χ2n) is 9.28. The van der Waals surface area contributed by atoms with E-state index in [1.165, 1.54) is 70.6 Å². The van der Waals surface area contributed by atoms with Crippen molar-refractivity contribution in [1.29, 1.82) is 0 Å². The van der Waals surface area contributed by atoms with Crippen LogP contribution in [0, 0.1) is 23.7 Å². The number of Topliss-reactive ketones (excluding diaryl/α,β-unsaturated/α-hetero) is 2. The highest BCUT2D eigenvalue weighted by molar-refractivity contribution is 5.95. The van der Waals surface area contributed by atoms with Crippen molar-refractivity contribution in [1.82, 2.24) is 0 Å². The van der Waals surface area contributed by atoms with Crippen molar-refractivity contribution in [3.05, 3.63) is 12.2 Å². The molecule has 3 fully saturated rings. The molecule has 2 nitrogen and oxygen atoms in total. The zero-order chi connectivity index (χ0) is 18.4. The van der Waals surface area contributed by atoms with E-state index in [0.29, 0.717) is 36.5 Å². The second-order valence-corrected chi connectivity index (χ2v) is 9.28. The van der Waals surface area contributed by atoms with Gasteiger partial charge in [0, 0.05) is 18.8 Å². The number of rotatable bonds is 8. The van der Waals surface area contributed by atoms with Gasteiger partial charge in [0.05, 0.1) is 0 Å². The molecule has 2 unspecified atom stereocenters. The van der Waals surface area contributed by atoms with Crippen LogP contribution in [0.3, 0.4) is 0 Å². The zero-order valence-corrected chi connectivity index (χ0v) is 16.6. The molecule has 3 saturated carbocycles. The zero-order valence-electron chi connectivity index (χ0n) is 16.6. The number of hydrogen-bond donors (Lipinski definition) is 0. The van der Waals surface area contributed by atoms with Crippen molar-refractivity contribution >= 4 is 11.6 Å². The van der Waals surface area contributed by atoms with Crippen LogP contribution in [0.15, 0.2) is 12.2 Å². The van der Waals surface area contributed by atoms with Gasteiger partial charge in [-0.2, -0.15) is 0 Å². The Labute approximate surface area is 160 Å². The third kappa shape index (κ3) is 5.30. The van der Waals surface area contributed by atoms with E-state index >= 15 is 0 Å². The summed E-state index contributed by atoms with van der Waals surface area (Å²) in [4.78, 5) is 25.2. The first kappa shape index (κ1) is 19.8. The quantitative estimate of drug-likeness (QED) is 0.469. The van der Waals surface area contributed by atoms with Crippen LogP contribution in [-0.4, -0.2) is 11.6 Å². The van der Waals surface area contributed by atoms with Gasteiger partial charge in [-0.15, -0.1) is 0 Å². The van der Waals surface area contributed by atoms with Gasteiger partial charge in [-0.1, -0.05) is 70.8 Å². The molecule has 0 spiro atoms. The molecule has 0 saturated heterocycles. The maximum Gasteiger partial charge on any atom is 0.158 e. The van der Waals surface area contributed by atoms with E-state index in [-0.39, 0.29) is 11.7 Å². The third-order valence-electron chi connectivity index (χ3n) is 7.56. The fourth-order valence-electron chi connectivity index (χ4n) is 5.92. The van der Waals surface area contributed by atoms with Crippen LogP contribution in [0.5, 0.6) is 0 Å². The lowest BCUT2D eigenvalue weighted by Gasteiger charge is -2.40. The molecule has 0 aromatic carbocycles. The summed E-state index contributed by atoms with van der Waals surface area (Å²) in [6.45, 7) is 4.02. The summed E-state index contributed by atoms with van der Waals surface area (Å²) >= 11 is 0. The van der Waals surface area contributed by atoms with Crippen molar-refractivity contribution in [3.63, 3.8) is 0 Å². The number of carbonyl (C=O) groups is 2. The topological polar surface area (TPSA) is 34.1 Å². The summed E-state index contributed by atoms with van der Waals surface area (Å²) < 4.78 is 0. The Morgan fingerprint density at radius 2 is 1.42 bits per heavy atom. The number of fused-ring (bicyclic) bond motifs is 1. The monoisotopic (exact) mass is 358 g/mol. The standard InChI is InChI=1S/C24H38O2/c1-18(23(25)17-15-19-8-3-2-4-9-19)14-16-24(26)22-13-7-11-20-10-5-6-12-21(20)22/h19-22H,1-17H2/t20?,21-,22?/m0/s1. The molecule has 3 aliphatic rings. The molecule has 0 N–H and O–H groups in total. The minimum Gasteiger partial charge on any atom is -0.299 e. The fourth-order valence-corrected chi connectivity index (χ4v) is 5.92. The van der Waals surface area contributed by atoms with Gasteiger partial charge in [-0.25, -0.2) is 0 Å². The molecular formula is C24H38O2. The summed E-state index contributed by atoms with van der Waals surface area (Å²) in [6, 6.07) is 0. The van der Waals surface area contributed by atoms with E-state index in [1.807, 2.05) is 0 Å². The molecule has 0 radical (unpaired) electrons.